The van der Waals surface area contributed by atoms with Gasteiger partial charge in [-0.15, -0.1) is 0 Å². The highest BCUT2D eigenvalue weighted by molar-refractivity contribution is 8.14. The van der Waals surface area contributed by atoms with E-state index in [0.29, 0.717) is 11.3 Å². The third kappa shape index (κ3) is 4.75. The van der Waals surface area contributed by atoms with E-state index < -0.39 is 23.0 Å². The van der Waals surface area contributed by atoms with Crippen molar-refractivity contribution in [1.82, 2.24) is 0 Å². The first-order valence-electron chi connectivity index (χ1n) is 7.44. The molecule has 0 N–H and O–H groups in total. The van der Waals surface area contributed by atoms with Gasteiger partial charge in [-0.2, -0.15) is 0 Å². The molecule has 0 radical (unpaired) electrons. The van der Waals surface area contributed by atoms with E-state index in [1.165, 1.54) is 39.5 Å². The van der Waals surface area contributed by atoms with Gasteiger partial charge in [0.1, 0.15) is 15.5 Å². The van der Waals surface area contributed by atoms with Crippen molar-refractivity contribution in [2.75, 3.05) is 21.3 Å². The third-order valence-electron chi connectivity index (χ3n) is 3.66. The van der Waals surface area contributed by atoms with Gasteiger partial charge in [-0.1, -0.05) is 0 Å². The molecule has 154 valence electrons. The molecule has 2 aromatic rings. The Morgan fingerprint density at radius 2 is 1.04 bits per heavy atom. The lowest BCUT2D eigenvalue weighted by Gasteiger charge is -2.16. The number of methoxy groups -OCH3 is 3. The number of hydrogen-bond acceptors (Lipinski definition) is 8. The van der Waals surface area contributed by atoms with Crippen LogP contribution in [0.15, 0.2) is 34.1 Å². The van der Waals surface area contributed by atoms with Crippen LogP contribution in [0.1, 0.15) is 5.56 Å². The molecule has 0 amide bonds. The fourth-order valence-electron chi connectivity index (χ4n) is 2.36. The molecule has 0 heterocycles. The summed E-state index contributed by atoms with van der Waals surface area (Å²) in [6.45, 7) is 1.61. The molecule has 8 nitrogen and oxygen atoms in total. The lowest BCUT2D eigenvalue weighted by atomic mass is 10.2. The summed E-state index contributed by atoms with van der Waals surface area (Å²) >= 11 is 0. The normalized spacial score (nSPS) is 11.8. The van der Waals surface area contributed by atoms with Gasteiger partial charge in [0.15, 0.2) is 23.0 Å². The Labute approximate surface area is 171 Å². The number of halogens is 2. The molecule has 0 aliphatic carbocycles. The zero-order chi connectivity index (χ0) is 21.3. The average Bonchev–Trinajstić information content (AvgIpc) is 2.60. The smallest absolute Gasteiger partial charge is 0.265 e. The summed E-state index contributed by atoms with van der Waals surface area (Å²) in [5.74, 6) is -0.0298. The molecule has 2 rings (SSSR count). The predicted molar refractivity (Wildman–Crippen MR) is 103 cm³/mol. The molecular weight excluding hydrogens is 455 g/mol. The van der Waals surface area contributed by atoms with Crippen molar-refractivity contribution in [3.63, 3.8) is 0 Å². The largest absolute Gasteiger partial charge is 0.496 e. The Hall–Kier alpha value is -1.88. The molecule has 0 atom stereocenters. The zero-order valence-corrected chi connectivity index (χ0v) is 18.3. The van der Waals surface area contributed by atoms with Crippen LogP contribution in [0, 0.1) is 6.92 Å². The molecule has 0 aliphatic rings. The average molecular weight is 471 g/mol. The molecule has 0 bridgehead atoms. The van der Waals surface area contributed by atoms with Crippen LogP contribution in [0.2, 0.25) is 0 Å². The molecule has 28 heavy (non-hydrogen) atoms. The van der Waals surface area contributed by atoms with Gasteiger partial charge in [-0.25, -0.2) is 16.8 Å². The Kier molecular flexibility index (Phi) is 6.59. The Morgan fingerprint density at radius 3 is 1.46 bits per heavy atom. The summed E-state index contributed by atoms with van der Waals surface area (Å²) in [6, 6.07) is 4.81. The van der Waals surface area contributed by atoms with E-state index in [0.717, 1.165) is 6.07 Å². The molecule has 0 aromatic heterocycles. The molecule has 2 aromatic carbocycles. The van der Waals surface area contributed by atoms with Gasteiger partial charge in [0, 0.05) is 39.6 Å². The summed E-state index contributed by atoms with van der Waals surface area (Å²) in [7, 11) is 6.51. The minimum atomic E-state index is -4.29. The maximum absolute atomic E-state index is 12.0. The topological polar surface area (TPSA) is 105 Å². The van der Waals surface area contributed by atoms with E-state index in [1.54, 1.807) is 6.92 Å². The molecule has 12 heteroatoms. The Morgan fingerprint density at radius 1 is 0.643 bits per heavy atom. The molecule has 0 saturated carbocycles. The molecule has 0 unspecified atom stereocenters. The lowest BCUT2D eigenvalue weighted by Crippen LogP contribution is -2.02. The second-order valence-electron chi connectivity index (χ2n) is 5.40. The summed E-state index contributed by atoms with van der Waals surface area (Å²) in [4.78, 5) is -0.829. The van der Waals surface area contributed by atoms with E-state index in [-0.39, 0.29) is 27.9 Å². The van der Waals surface area contributed by atoms with E-state index in [4.69, 9.17) is 40.3 Å². The van der Waals surface area contributed by atoms with Crippen molar-refractivity contribution in [2.24, 2.45) is 0 Å². The van der Waals surface area contributed by atoms with Crippen LogP contribution in [-0.4, -0.2) is 38.2 Å². The van der Waals surface area contributed by atoms with Crippen LogP contribution in [-0.2, 0) is 18.1 Å². The number of rotatable bonds is 7. The summed E-state index contributed by atoms with van der Waals surface area (Å²) in [5, 5.41) is 0. The summed E-state index contributed by atoms with van der Waals surface area (Å²) in [5.41, 5.74) is 0.478. The maximum atomic E-state index is 12.0. The predicted octanol–water partition coefficient (Wildman–Crippen LogP) is 3.67. The molecular formula is C16H16Cl2O8S2. The van der Waals surface area contributed by atoms with E-state index in [9.17, 15) is 16.8 Å². The van der Waals surface area contributed by atoms with Gasteiger partial charge in [-0.3, -0.25) is 0 Å². The molecule has 0 spiro atoms. The molecule has 0 fully saturated rings. The van der Waals surface area contributed by atoms with Gasteiger partial charge in [0.25, 0.3) is 18.1 Å². The number of ether oxygens (including phenoxy) is 4. The highest BCUT2D eigenvalue weighted by Crippen LogP contribution is 2.43. The Bertz CT molecular complexity index is 1110. The fraction of sp³-hybridized carbons (Fsp3) is 0.250. The Balaban J connectivity index is 2.78. The van der Waals surface area contributed by atoms with Gasteiger partial charge in [0.05, 0.1) is 21.3 Å². The van der Waals surface area contributed by atoms with E-state index >= 15 is 0 Å². The summed E-state index contributed by atoms with van der Waals surface area (Å²) < 4.78 is 68.8. The first kappa shape index (κ1) is 22.4. The van der Waals surface area contributed by atoms with Crippen LogP contribution in [0.25, 0.3) is 0 Å². The van der Waals surface area contributed by atoms with E-state index in [1.807, 2.05) is 0 Å². The lowest BCUT2D eigenvalue weighted by molar-refractivity contribution is 0.349. The fourth-order valence-corrected chi connectivity index (χ4v) is 4.33. The third-order valence-corrected chi connectivity index (χ3v) is 6.34. The number of benzene rings is 2. The summed E-state index contributed by atoms with van der Waals surface area (Å²) in [6.07, 6.45) is 0. The first-order valence-corrected chi connectivity index (χ1v) is 12.1. The zero-order valence-electron chi connectivity index (χ0n) is 15.1. The van der Waals surface area contributed by atoms with Crippen molar-refractivity contribution < 1.29 is 35.8 Å². The highest BCUT2D eigenvalue weighted by atomic mass is 35.7. The van der Waals surface area contributed by atoms with Gasteiger partial charge < -0.3 is 18.9 Å². The van der Waals surface area contributed by atoms with E-state index in [2.05, 4.69) is 0 Å². The monoisotopic (exact) mass is 470 g/mol. The van der Waals surface area contributed by atoms with Crippen LogP contribution >= 0.6 is 21.4 Å². The number of aryl methyl sites for hydroxylation is 1. The van der Waals surface area contributed by atoms with Crippen LogP contribution < -0.4 is 18.9 Å². The van der Waals surface area contributed by atoms with Gasteiger partial charge in [-0.05, 0) is 18.6 Å². The first-order chi connectivity index (χ1) is 12.9. The minimum Gasteiger partial charge on any atom is -0.496 e. The molecule has 0 saturated heterocycles. The number of hydrogen-bond donors (Lipinski definition) is 0. The standard InChI is InChI=1S/C16H16Cl2O8S2/c1-9-5-15(27(17,19)20)13(6-10(9)23-2)26-14-7-11(24-3)12(25-4)8-16(14)28(18,21)22/h5-8H,1-4H3. The van der Waals surface area contributed by atoms with Crippen molar-refractivity contribution in [2.45, 2.75) is 16.7 Å². The van der Waals surface area contributed by atoms with Crippen LogP contribution in [0.4, 0.5) is 0 Å². The maximum Gasteiger partial charge on any atom is 0.265 e. The van der Waals surface area contributed by atoms with Gasteiger partial charge in [0.2, 0.25) is 0 Å². The SMILES string of the molecule is COc1cc(Oc2cc(OC)c(OC)cc2S(=O)(=O)Cl)c(S(=O)(=O)Cl)cc1C. The second kappa shape index (κ2) is 8.24. The quantitative estimate of drug-likeness (QED) is 0.564. The van der Waals surface area contributed by atoms with Gasteiger partial charge >= 0.3 is 0 Å². The van der Waals surface area contributed by atoms with Crippen molar-refractivity contribution in [1.29, 1.82) is 0 Å². The second-order valence-corrected chi connectivity index (χ2v) is 10.5. The van der Waals surface area contributed by atoms with Crippen molar-refractivity contribution in [3.8, 4) is 28.7 Å². The van der Waals surface area contributed by atoms with Crippen LogP contribution in [0.5, 0.6) is 28.7 Å². The highest BCUT2D eigenvalue weighted by Gasteiger charge is 2.26. The van der Waals surface area contributed by atoms with Crippen molar-refractivity contribution in [3.05, 3.63) is 29.8 Å². The minimum absolute atomic E-state index is 0.0840. The van der Waals surface area contributed by atoms with Crippen molar-refractivity contribution >= 4 is 39.5 Å². The van der Waals surface area contributed by atoms with Crippen LogP contribution in [0.3, 0.4) is 0 Å². The molecule has 0 aliphatic heterocycles.